The van der Waals surface area contributed by atoms with Gasteiger partial charge < -0.3 is 5.43 Å². The molecule has 2 aromatic rings. The zero-order valence-corrected chi connectivity index (χ0v) is 10.1. The molecular formula is C11H10N4O2S. The molecule has 6 nitrogen and oxygen atoms in total. The van der Waals surface area contributed by atoms with E-state index in [1.807, 2.05) is 6.07 Å². The number of nitro benzene ring substituents is 1. The highest BCUT2D eigenvalue weighted by Gasteiger charge is 2.05. The quantitative estimate of drug-likeness (QED) is 0.499. The lowest BCUT2D eigenvalue weighted by atomic mass is 10.3. The topological polar surface area (TPSA) is 94.1 Å². The van der Waals surface area contributed by atoms with Gasteiger partial charge in [-0.1, -0.05) is 11.8 Å². The van der Waals surface area contributed by atoms with Gasteiger partial charge in [0, 0.05) is 28.1 Å². The van der Waals surface area contributed by atoms with Crippen LogP contribution in [0.3, 0.4) is 0 Å². The van der Waals surface area contributed by atoms with Crippen molar-refractivity contribution in [1.29, 1.82) is 0 Å². The number of hydrogen-bond donors (Lipinski definition) is 2. The predicted molar refractivity (Wildman–Crippen MR) is 69.3 cm³/mol. The van der Waals surface area contributed by atoms with E-state index in [1.54, 1.807) is 24.4 Å². The first-order valence-electron chi connectivity index (χ1n) is 5.04. The van der Waals surface area contributed by atoms with Crippen molar-refractivity contribution < 1.29 is 4.92 Å². The summed E-state index contributed by atoms with van der Waals surface area (Å²) in [4.78, 5) is 16.0. The van der Waals surface area contributed by atoms with Crippen LogP contribution in [0, 0.1) is 10.1 Å². The second kappa shape index (κ2) is 5.48. The summed E-state index contributed by atoms with van der Waals surface area (Å²) in [6.07, 6.45) is 1.64. The maximum atomic E-state index is 10.5. The van der Waals surface area contributed by atoms with Gasteiger partial charge in [0.2, 0.25) is 0 Å². The normalized spacial score (nSPS) is 10.1. The Labute approximate surface area is 107 Å². The van der Waals surface area contributed by atoms with Crippen LogP contribution in [0.5, 0.6) is 0 Å². The van der Waals surface area contributed by atoms with Crippen LogP contribution in [-0.4, -0.2) is 9.91 Å². The molecule has 0 spiro atoms. The Balaban J connectivity index is 2.15. The number of nitrogens with zero attached hydrogens (tertiary/aromatic N) is 2. The number of aromatic nitrogens is 1. The SMILES string of the molecule is NNc1cc(Sc2ccc([N+](=O)[O-])cc2)ccn1. The van der Waals surface area contributed by atoms with Gasteiger partial charge in [-0.05, 0) is 24.3 Å². The van der Waals surface area contributed by atoms with Crippen LogP contribution < -0.4 is 11.3 Å². The number of anilines is 1. The number of benzene rings is 1. The van der Waals surface area contributed by atoms with Crippen LogP contribution in [0.2, 0.25) is 0 Å². The predicted octanol–water partition coefficient (Wildman–Crippen LogP) is 2.43. The van der Waals surface area contributed by atoms with Gasteiger partial charge in [0.15, 0.2) is 0 Å². The van der Waals surface area contributed by atoms with Crippen molar-refractivity contribution >= 4 is 23.3 Å². The smallest absolute Gasteiger partial charge is 0.269 e. The van der Waals surface area contributed by atoms with Crippen molar-refractivity contribution in [3.05, 3.63) is 52.7 Å². The molecule has 1 aromatic carbocycles. The molecule has 3 N–H and O–H groups in total. The van der Waals surface area contributed by atoms with E-state index in [0.717, 1.165) is 9.79 Å². The molecule has 0 bridgehead atoms. The second-order valence-corrected chi connectivity index (χ2v) is 4.52. The highest BCUT2D eigenvalue weighted by Crippen LogP contribution is 2.29. The average molecular weight is 262 g/mol. The minimum absolute atomic E-state index is 0.0818. The fourth-order valence-electron chi connectivity index (χ4n) is 1.33. The van der Waals surface area contributed by atoms with E-state index in [2.05, 4.69) is 10.4 Å². The zero-order valence-electron chi connectivity index (χ0n) is 9.24. The lowest BCUT2D eigenvalue weighted by Crippen LogP contribution is -2.07. The average Bonchev–Trinajstić information content (AvgIpc) is 2.39. The van der Waals surface area contributed by atoms with Crippen molar-refractivity contribution in [2.45, 2.75) is 9.79 Å². The van der Waals surface area contributed by atoms with E-state index >= 15 is 0 Å². The number of non-ortho nitro benzene ring substituents is 1. The molecule has 0 aliphatic rings. The van der Waals surface area contributed by atoms with Crippen LogP contribution >= 0.6 is 11.8 Å². The Morgan fingerprint density at radius 1 is 1.22 bits per heavy atom. The number of nitrogen functional groups attached to an aromatic ring is 1. The second-order valence-electron chi connectivity index (χ2n) is 3.37. The highest BCUT2D eigenvalue weighted by atomic mass is 32.2. The first-order valence-corrected chi connectivity index (χ1v) is 5.85. The zero-order chi connectivity index (χ0) is 13.0. The number of hydrazine groups is 1. The minimum Gasteiger partial charge on any atom is -0.308 e. The van der Waals surface area contributed by atoms with Crippen LogP contribution in [0.15, 0.2) is 52.4 Å². The summed E-state index contributed by atoms with van der Waals surface area (Å²) in [6.45, 7) is 0. The standard InChI is InChI=1S/C11H10N4O2S/c12-14-11-7-10(5-6-13-11)18-9-3-1-8(2-4-9)15(16)17/h1-7H,12H2,(H,13,14). The van der Waals surface area contributed by atoms with Gasteiger partial charge in [0.25, 0.3) is 5.69 Å². The Bertz CT molecular complexity index is 559. The molecule has 0 saturated carbocycles. The molecule has 0 fully saturated rings. The van der Waals surface area contributed by atoms with Crippen molar-refractivity contribution in [2.24, 2.45) is 5.84 Å². The summed E-state index contributed by atoms with van der Waals surface area (Å²) in [7, 11) is 0. The number of hydrogen-bond acceptors (Lipinski definition) is 6. The van der Waals surface area contributed by atoms with Crippen molar-refractivity contribution in [1.82, 2.24) is 4.98 Å². The van der Waals surface area contributed by atoms with E-state index in [1.165, 1.54) is 23.9 Å². The lowest BCUT2D eigenvalue weighted by Gasteiger charge is -2.03. The van der Waals surface area contributed by atoms with E-state index in [0.29, 0.717) is 5.82 Å². The molecule has 1 aromatic heterocycles. The van der Waals surface area contributed by atoms with Crippen LogP contribution in [0.4, 0.5) is 11.5 Å². The largest absolute Gasteiger partial charge is 0.308 e. The Morgan fingerprint density at radius 3 is 2.56 bits per heavy atom. The minimum atomic E-state index is -0.419. The number of pyridine rings is 1. The molecule has 0 atom stereocenters. The Hall–Kier alpha value is -2.12. The summed E-state index contributed by atoms with van der Waals surface area (Å²) >= 11 is 1.48. The van der Waals surface area contributed by atoms with Gasteiger partial charge >= 0.3 is 0 Å². The maximum Gasteiger partial charge on any atom is 0.269 e. The third-order valence-electron chi connectivity index (χ3n) is 2.16. The molecule has 0 unspecified atom stereocenters. The third-order valence-corrected chi connectivity index (χ3v) is 3.16. The summed E-state index contributed by atoms with van der Waals surface area (Å²) in [5, 5.41) is 10.5. The molecule has 2 rings (SSSR count). The van der Waals surface area contributed by atoms with E-state index in [4.69, 9.17) is 5.84 Å². The van der Waals surface area contributed by atoms with Gasteiger partial charge in [-0.2, -0.15) is 0 Å². The number of nitrogens with two attached hydrogens (primary N) is 1. The van der Waals surface area contributed by atoms with Gasteiger partial charge in [0.1, 0.15) is 5.82 Å². The van der Waals surface area contributed by atoms with Gasteiger partial charge in [0.05, 0.1) is 4.92 Å². The van der Waals surface area contributed by atoms with Crippen LogP contribution in [0.1, 0.15) is 0 Å². The monoisotopic (exact) mass is 262 g/mol. The molecule has 0 radical (unpaired) electrons. The Morgan fingerprint density at radius 2 is 1.94 bits per heavy atom. The molecule has 1 heterocycles. The fraction of sp³-hybridized carbons (Fsp3) is 0. The molecule has 92 valence electrons. The highest BCUT2D eigenvalue weighted by molar-refractivity contribution is 7.99. The summed E-state index contributed by atoms with van der Waals surface area (Å²) in [6, 6.07) is 10.0. The molecule has 0 aliphatic carbocycles. The summed E-state index contributed by atoms with van der Waals surface area (Å²) < 4.78 is 0. The van der Waals surface area contributed by atoms with Crippen molar-refractivity contribution in [3.8, 4) is 0 Å². The van der Waals surface area contributed by atoms with Gasteiger partial charge in [-0.25, -0.2) is 10.8 Å². The van der Waals surface area contributed by atoms with Crippen LogP contribution in [0.25, 0.3) is 0 Å². The maximum absolute atomic E-state index is 10.5. The van der Waals surface area contributed by atoms with Gasteiger partial charge in [-0.15, -0.1) is 0 Å². The first kappa shape index (κ1) is 12.3. The van der Waals surface area contributed by atoms with Crippen LogP contribution in [-0.2, 0) is 0 Å². The van der Waals surface area contributed by atoms with Crippen molar-refractivity contribution in [3.63, 3.8) is 0 Å². The molecule has 0 amide bonds. The van der Waals surface area contributed by atoms with E-state index in [-0.39, 0.29) is 5.69 Å². The Kier molecular flexibility index (Phi) is 3.75. The molecule has 0 aliphatic heterocycles. The molecular weight excluding hydrogens is 252 g/mol. The first-order chi connectivity index (χ1) is 8.69. The number of nitrogens with one attached hydrogen (secondary N) is 1. The number of rotatable bonds is 4. The fourth-order valence-corrected chi connectivity index (χ4v) is 2.17. The third kappa shape index (κ3) is 2.96. The molecule has 0 saturated heterocycles. The molecule has 7 heteroatoms. The molecule has 18 heavy (non-hydrogen) atoms. The van der Waals surface area contributed by atoms with E-state index < -0.39 is 4.92 Å². The van der Waals surface area contributed by atoms with Crippen molar-refractivity contribution in [2.75, 3.05) is 5.43 Å². The lowest BCUT2D eigenvalue weighted by molar-refractivity contribution is -0.384. The summed E-state index contributed by atoms with van der Waals surface area (Å²) in [5.41, 5.74) is 2.55. The van der Waals surface area contributed by atoms with E-state index in [9.17, 15) is 10.1 Å². The van der Waals surface area contributed by atoms with Gasteiger partial charge in [-0.3, -0.25) is 10.1 Å². The number of nitro groups is 1. The summed E-state index contributed by atoms with van der Waals surface area (Å²) in [5.74, 6) is 5.84.